The molecule has 166 valence electrons. The van der Waals surface area contributed by atoms with Crippen molar-refractivity contribution in [2.45, 2.75) is 57.9 Å². The van der Waals surface area contributed by atoms with Gasteiger partial charge in [-0.1, -0.05) is 0 Å². The molecular formula is C21H24F3N5O2. The standard InChI is InChI=1S/C21H24F3N5O2/c1-11-18-19(29(3)12(2)20(30)28-18)27-17(26-11)9-13-4-5-14(8-13)31-15-6-7-16(25-10-15)21(22,23)24/h6-7,10,12-14H,4-5,8-9H2,1-3H3,(H,28,30)/t12-,13+,14+/m0/s1. The summed E-state index contributed by atoms with van der Waals surface area (Å²) in [5, 5.41) is 2.87. The Bertz CT molecular complexity index is 980. The van der Waals surface area contributed by atoms with Gasteiger partial charge < -0.3 is 15.0 Å². The van der Waals surface area contributed by atoms with Gasteiger partial charge in [0.25, 0.3) is 0 Å². The van der Waals surface area contributed by atoms with Gasteiger partial charge in [-0.05, 0) is 51.2 Å². The zero-order valence-electron chi connectivity index (χ0n) is 17.5. The number of hydrogen-bond acceptors (Lipinski definition) is 6. The Balaban J connectivity index is 1.40. The van der Waals surface area contributed by atoms with Crippen molar-refractivity contribution in [1.29, 1.82) is 0 Å². The minimum Gasteiger partial charge on any atom is -0.489 e. The van der Waals surface area contributed by atoms with Gasteiger partial charge in [-0.3, -0.25) is 4.79 Å². The lowest BCUT2D eigenvalue weighted by atomic mass is 10.0. The predicted molar refractivity (Wildman–Crippen MR) is 108 cm³/mol. The van der Waals surface area contributed by atoms with Crippen LogP contribution < -0.4 is 15.0 Å². The molecule has 1 aliphatic carbocycles. The lowest BCUT2D eigenvalue weighted by molar-refractivity contribution is -0.141. The zero-order chi connectivity index (χ0) is 22.3. The first-order valence-corrected chi connectivity index (χ1v) is 10.2. The highest BCUT2D eigenvalue weighted by Gasteiger charge is 2.33. The van der Waals surface area contributed by atoms with E-state index >= 15 is 0 Å². The molecule has 0 saturated heterocycles. The molecule has 2 aliphatic rings. The van der Waals surface area contributed by atoms with Gasteiger partial charge >= 0.3 is 6.18 Å². The number of nitrogens with zero attached hydrogens (tertiary/aromatic N) is 4. The van der Waals surface area contributed by atoms with Gasteiger partial charge in [-0.15, -0.1) is 0 Å². The second kappa shape index (κ2) is 7.97. The summed E-state index contributed by atoms with van der Waals surface area (Å²) in [5.41, 5.74) is 0.449. The normalized spacial score (nSPS) is 23.5. The van der Waals surface area contributed by atoms with Gasteiger partial charge in [-0.25, -0.2) is 15.0 Å². The summed E-state index contributed by atoms with van der Waals surface area (Å²) in [6.07, 6.45) is -0.247. The van der Waals surface area contributed by atoms with Crippen LogP contribution in [0.1, 0.15) is 43.4 Å². The number of carbonyl (C=O) groups excluding carboxylic acids is 1. The fourth-order valence-electron chi connectivity index (χ4n) is 4.08. The van der Waals surface area contributed by atoms with Crippen LogP contribution in [0.5, 0.6) is 5.75 Å². The number of halogens is 3. The van der Waals surface area contributed by atoms with Crippen LogP contribution in [0, 0.1) is 12.8 Å². The number of pyridine rings is 1. The number of likely N-dealkylation sites (N-methyl/N-ethyl adjacent to an activating group) is 1. The summed E-state index contributed by atoms with van der Waals surface area (Å²) >= 11 is 0. The molecule has 2 aromatic rings. The Morgan fingerprint density at radius 1 is 1.26 bits per heavy atom. The Morgan fingerprint density at radius 2 is 2.03 bits per heavy atom. The van der Waals surface area contributed by atoms with Crippen LogP contribution in [0.4, 0.5) is 24.7 Å². The average Bonchev–Trinajstić information content (AvgIpc) is 3.14. The van der Waals surface area contributed by atoms with Gasteiger partial charge in [0, 0.05) is 13.5 Å². The molecule has 2 aromatic heterocycles. The summed E-state index contributed by atoms with van der Waals surface area (Å²) in [4.78, 5) is 26.6. The van der Waals surface area contributed by atoms with E-state index in [0.29, 0.717) is 29.6 Å². The molecule has 1 aliphatic heterocycles. The van der Waals surface area contributed by atoms with Crippen molar-refractivity contribution < 1.29 is 22.7 Å². The number of ether oxygens (including phenoxy) is 1. The number of fused-ring (bicyclic) bond motifs is 1. The number of hydrogen-bond donors (Lipinski definition) is 1. The maximum Gasteiger partial charge on any atom is 0.433 e. The number of amides is 1. The number of aryl methyl sites for hydroxylation is 1. The first-order chi connectivity index (χ1) is 14.6. The third kappa shape index (κ3) is 4.42. The fourth-order valence-corrected chi connectivity index (χ4v) is 4.08. The fraction of sp³-hybridized carbons (Fsp3) is 0.524. The second-order valence-corrected chi connectivity index (χ2v) is 8.20. The highest BCUT2D eigenvalue weighted by Crippen LogP contribution is 2.35. The highest BCUT2D eigenvalue weighted by molar-refractivity contribution is 6.02. The topological polar surface area (TPSA) is 80.2 Å². The molecule has 3 atom stereocenters. The van der Waals surface area contributed by atoms with Crippen LogP contribution in [0.15, 0.2) is 18.3 Å². The largest absolute Gasteiger partial charge is 0.489 e. The van der Waals surface area contributed by atoms with Crippen molar-refractivity contribution in [2.24, 2.45) is 5.92 Å². The van der Waals surface area contributed by atoms with Crippen LogP contribution in [0.25, 0.3) is 0 Å². The van der Waals surface area contributed by atoms with Crippen molar-refractivity contribution in [2.75, 3.05) is 17.3 Å². The molecule has 1 fully saturated rings. The summed E-state index contributed by atoms with van der Waals surface area (Å²) < 4.78 is 43.8. The van der Waals surface area contributed by atoms with E-state index in [2.05, 4.69) is 20.3 Å². The maximum absolute atomic E-state index is 12.6. The van der Waals surface area contributed by atoms with Crippen molar-refractivity contribution in [3.05, 3.63) is 35.5 Å². The molecule has 0 radical (unpaired) electrons. The van der Waals surface area contributed by atoms with E-state index < -0.39 is 11.9 Å². The quantitative estimate of drug-likeness (QED) is 0.788. The Morgan fingerprint density at radius 3 is 2.71 bits per heavy atom. The van der Waals surface area contributed by atoms with Crippen LogP contribution in [0.2, 0.25) is 0 Å². The third-order valence-corrected chi connectivity index (χ3v) is 5.95. The molecule has 3 heterocycles. The molecule has 31 heavy (non-hydrogen) atoms. The van der Waals surface area contributed by atoms with Crippen molar-refractivity contribution in [3.8, 4) is 5.75 Å². The van der Waals surface area contributed by atoms with Gasteiger partial charge in [0.15, 0.2) is 5.82 Å². The molecule has 1 N–H and O–H groups in total. The summed E-state index contributed by atoms with van der Waals surface area (Å²) in [5.74, 6) is 2.00. The van der Waals surface area contributed by atoms with E-state index in [4.69, 9.17) is 4.74 Å². The predicted octanol–water partition coefficient (Wildman–Crippen LogP) is 3.77. The number of rotatable bonds is 4. The first-order valence-electron chi connectivity index (χ1n) is 10.2. The number of nitrogens with one attached hydrogen (secondary N) is 1. The van der Waals surface area contributed by atoms with Gasteiger partial charge in [0.1, 0.15) is 29.0 Å². The molecule has 0 unspecified atom stereocenters. The number of anilines is 2. The van der Waals surface area contributed by atoms with Crippen LogP contribution in [-0.2, 0) is 17.4 Å². The first kappa shape index (κ1) is 21.3. The third-order valence-electron chi connectivity index (χ3n) is 5.95. The molecule has 4 rings (SSSR count). The van der Waals surface area contributed by atoms with E-state index in [0.717, 1.165) is 43.0 Å². The van der Waals surface area contributed by atoms with E-state index in [-0.39, 0.29) is 18.1 Å². The van der Waals surface area contributed by atoms with Gasteiger partial charge in [0.05, 0.1) is 18.0 Å². The average molecular weight is 435 g/mol. The van der Waals surface area contributed by atoms with E-state index in [9.17, 15) is 18.0 Å². The zero-order valence-corrected chi connectivity index (χ0v) is 17.5. The summed E-state index contributed by atoms with van der Waals surface area (Å²) in [6, 6.07) is 1.93. The molecule has 1 saturated carbocycles. The van der Waals surface area contributed by atoms with E-state index in [1.807, 2.05) is 25.8 Å². The molecule has 7 nitrogen and oxygen atoms in total. The number of alkyl halides is 3. The van der Waals surface area contributed by atoms with E-state index in [1.165, 1.54) is 6.07 Å². The number of carbonyl (C=O) groups is 1. The lowest BCUT2D eigenvalue weighted by Crippen LogP contribution is -2.45. The van der Waals surface area contributed by atoms with Crippen molar-refractivity contribution in [3.63, 3.8) is 0 Å². The Hall–Kier alpha value is -2.91. The Kier molecular flexibility index (Phi) is 5.49. The summed E-state index contributed by atoms with van der Waals surface area (Å²) in [6.45, 7) is 3.68. The minimum absolute atomic E-state index is 0.0794. The lowest BCUT2D eigenvalue weighted by Gasteiger charge is -2.32. The van der Waals surface area contributed by atoms with Crippen molar-refractivity contribution in [1.82, 2.24) is 15.0 Å². The van der Waals surface area contributed by atoms with Crippen LogP contribution in [-0.4, -0.2) is 40.1 Å². The Labute approximate surface area is 178 Å². The molecule has 1 amide bonds. The number of aromatic nitrogens is 3. The van der Waals surface area contributed by atoms with E-state index in [1.54, 1.807) is 0 Å². The monoisotopic (exact) mass is 435 g/mol. The maximum atomic E-state index is 12.6. The SMILES string of the molecule is Cc1nc(C[C@@H]2CC[C@@H](Oc3ccc(C(F)(F)F)nc3)C2)nc2c1NC(=O)[C@H](C)N2C. The smallest absolute Gasteiger partial charge is 0.433 e. The molecule has 0 spiro atoms. The molecule has 0 aromatic carbocycles. The molecule has 0 bridgehead atoms. The highest BCUT2D eigenvalue weighted by atomic mass is 19.4. The van der Waals surface area contributed by atoms with Gasteiger partial charge in [-0.2, -0.15) is 13.2 Å². The van der Waals surface area contributed by atoms with Gasteiger partial charge in [0.2, 0.25) is 5.91 Å². The molecule has 10 heteroatoms. The van der Waals surface area contributed by atoms with Crippen molar-refractivity contribution >= 4 is 17.4 Å². The second-order valence-electron chi connectivity index (χ2n) is 8.20. The van der Waals surface area contributed by atoms with Crippen LogP contribution >= 0.6 is 0 Å². The summed E-state index contributed by atoms with van der Waals surface area (Å²) in [7, 11) is 1.84. The van der Waals surface area contributed by atoms with Crippen LogP contribution in [0.3, 0.4) is 0 Å². The minimum atomic E-state index is -4.46. The molecular weight excluding hydrogens is 411 g/mol.